The first kappa shape index (κ1) is 12.5. The first-order chi connectivity index (χ1) is 8.56. The van der Waals surface area contributed by atoms with E-state index in [1.807, 2.05) is 0 Å². The van der Waals surface area contributed by atoms with E-state index in [9.17, 15) is 14.5 Å². The van der Waals surface area contributed by atoms with E-state index in [1.54, 1.807) is 6.92 Å². The van der Waals surface area contributed by atoms with E-state index in [0.717, 1.165) is 0 Å². The van der Waals surface area contributed by atoms with E-state index >= 15 is 0 Å². The first-order valence-electron chi connectivity index (χ1n) is 5.59. The van der Waals surface area contributed by atoms with Gasteiger partial charge in [0.15, 0.2) is 0 Å². The van der Waals surface area contributed by atoms with Crippen LogP contribution in [0, 0.1) is 11.8 Å². The zero-order valence-corrected chi connectivity index (χ0v) is 9.87. The number of hydrogen-bond acceptors (Lipinski definition) is 5. The Balaban J connectivity index is 2.34. The first-order valence-corrected chi connectivity index (χ1v) is 5.59. The Morgan fingerprint density at radius 1 is 1.56 bits per heavy atom. The molecule has 0 aromatic carbocycles. The molecule has 0 radical (unpaired) electrons. The van der Waals surface area contributed by atoms with Gasteiger partial charge in [0.1, 0.15) is 0 Å². The SMILES string of the molecule is Cc1cn([C@@H]2C[C@H](CO)N(N=O)C2)c(=O)[nH]c1=O. The highest BCUT2D eigenvalue weighted by Crippen LogP contribution is 2.25. The van der Waals surface area contributed by atoms with E-state index < -0.39 is 11.2 Å². The van der Waals surface area contributed by atoms with Gasteiger partial charge in [-0.1, -0.05) is 0 Å². The summed E-state index contributed by atoms with van der Waals surface area (Å²) in [5.41, 5.74) is -0.508. The minimum absolute atomic E-state index is 0.195. The van der Waals surface area contributed by atoms with Crippen molar-refractivity contribution < 1.29 is 5.11 Å². The molecule has 2 N–H and O–H groups in total. The zero-order valence-electron chi connectivity index (χ0n) is 9.87. The minimum atomic E-state index is -0.514. The van der Waals surface area contributed by atoms with Crippen molar-refractivity contribution in [1.29, 1.82) is 0 Å². The molecule has 0 saturated carbocycles. The molecule has 8 nitrogen and oxygen atoms in total. The van der Waals surface area contributed by atoms with Gasteiger partial charge in [-0.2, -0.15) is 0 Å². The number of aromatic amines is 1. The predicted octanol–water partition coefficient (Wildman–Crippen LogP) is -0.866. The smallest absolute Gasteiger partial charge is 0.328 e. The van der Waals surface area contributed by atoms with Crippen LogP contribution in [0.1, 0.15) is 18.0 Å². The molecule has 1 saturated heterocycles. The molecule has 98 valence electrons. The monoisotopic (exact) mass is 254 g/mol. The van der Waals surface area contributed by atoms with E-state index in [4.69, 9.17) is 5.11 Å². The van der Waals surface area contributed by atoms with Crippen molar-refractivity contribution in [2.75, 3.05) is 13.2 Å². The maximum atomic E-state index is 11.7. The molecule has 2 heterocycles. The van der Waals surface area contributed by atoms with Gasteiger partial charge in [-0.3, -0.25) is 19.4 Å². The summed E-state index contributed by atoms with van der Waals surface area (Å²) in [7, 11) is 0. The van der Waals surface area contributed by atoms with Crippen LogP contribution in [0.5, 0.6) is 0 Å². The summed E-state index contributed by atoms with van der Waals surface area (Å²) in [6, 6.07) is -0.658. The lowest BCUT2D eigenvalue weighted by molar-refractivity contribution is 0.161. The van der Waals surface area contributed by atoms with E-state index in [2.05, 4.69) is 10.3 Å². The van der Waals surface area contributed by atoms with Crippen LogP contribution >= 0.6 is 0 Å². The Labute approximate surface area is 102 Å². The van der Waals surface area contributed by atoms with E-state index in [1.165, 1.54) is 15.8 Å². The Morgan fingerprint density at radius 3 is 2.83 bits per heavy atom. The highest BCUT2D eigenvalue weighted by molar-refractivity contribution is 5.03. The third-order valence-electron chi connectivity index (χ3n) is 3.22. The Kier molecular flexibility index (Phi) is 3.28. The lowest BCUT2D eigenvalue weighted by atomic mass is 10.2. The number of aromatic nitrogens is 2. The minimum Gasteiger partial charge on any atom is -0.394 e. The molecule has 8 heteroatoms. The molecule has 0 spiro atoms. The van der Waals surface area contributed by atoms with Crippen LogP contribution in [-0.2, 0) is 0 Å². The molecule has 0 bridgehead atoms. The molecule has 1 aromatic heterocycles. The van der Waals surface area contributed by atoms with Gasteiger partial charge in [0.2, 0.25) is 0 Å². The van der Waals surface area contributed by atoms with Crippen LogP contribution < -0.4 is 11.2 Å². The third-order valence-corrected chi connectivity index (χ3v) is 3.22. The van der Waals surface area contributed by atoms with Crippen molar-refractivity contribution in [2.45, 2.75) is 25.4 Å². The summed E-state index contributed by atoms with van der Waals surface area (Å²) in [4.78, 5) is 35.7. The standard InChI is InChI=1S/C10H14N4O4/c1-6-3-13(10(17)11-9(6)16)7-2-8(5-15)14(4-7)12-18/h3,7-8,15H,2,4-5H2,1H3,(H,11,16,17)/t7-,8-/m1/s1. The molecule has 18 heavy (non-hydrogen) atoms. The van der Waals surface area contributed by atoms with Gasteiger partial charge in [0.05, 0.1) is 30.5 Å². The third kappa shape index (κ3) is 2.06. The Morgan fingerprint density at radius 2 is 2.28 bits per heavy atom. The lowest BCUT2D eigenvalue weighted by Gasteiger charge is -2.13. The van der Waals surface area contributed by atoms with Crippen molar-refractivity contribution in [2.24, 2.45) is 5.29 Å². The number of aliphatic hydroxyl groups is 1. The topological polar surface area (TPSA) is 108 Å². The lowest BCUT2D eigenvalue weighted by Crippen LogP contribution is -2.34. The summed E-state index contributed by atoms with van der Waals surface area (Å²) >= 11 is 0. The van der Waals surface area contributed by atoms with Crippen LogP contribution in [0.4, 0.5) is 0 Å². The molecular weight excluding hydrogens is 240 g/mol. The second-order valence-electron chi connectivity index (χ2n) is 4.41. The highest BCUT2D eigenvalue weighted by atomic mass is 16.3. The predicted molar refractivity (Wildman–Crippen MR) is 63.1 cm³/mol. The molecule has 1 fully saturated rings. The summed E-state index contributed by atoms with van der Waals surface area (Å²) in [5.74, 6) is 0. The maximum absolute atomic E-state index is 11.7. The Bertz CT molecular complexity index is 564. The fourth-order valence-corrected chi connectivity index (χ4v) is 2.20. The molecule has 0 aliphatic carbocycles. The molecule has 0 unspecified atom stereocenters. The Hall–Kier alpha value is -1.96. The molecule has 2 atom stereocenters. The average molecular weight is 254 g/mol. The quantitative estimate of drug-likeness (QED) is 0.682. The van der Waals surface area contributed by atoms with Gasteiger partial charge >= 0.3 is 5.69 Å². The highest BCUT2D eigenvalue weighted by Gasteiger charge is 2.33. The number of rotatable bonds is 3. The van der Waals surface area contributed by atoms with Crippen LogP contribution in [0.15, 0.2) is 21.1 Å². The number of H-pyrrole nitrogens is 1. The molecular formula is C10H14N4O4. The number of nitrogens with one attached hydrogen (secondary N) is 1. The van der Waals surface area contributed by atoms with Gasteiger partial charge < -0.3 is 5.11 Å². The molecule has 1 aromatic rings. The maximum Gasteiger partial charge on any atom is 0.328 e. The molecule has 1 aliphatic heterocycles. The van der Waals surface area contributed by atoms with Gasteiger partial charge in [-0.05, 0) is 13.3 Å². The van der Waals surface area contributed by atoms with Crippen LogP contribution in [-0.4, -0.2) is 38.9 Å². The second kappa shape index (κ2) is 4.73. The van der Waals surface area contributed by atoms with E-state index in [0.29, 0.717) is 12.0 Å². The summed E-state index contributed by atoms with van der Waals surface area (Å²) in [5, 5.41) is 13.2. The van der Waals surface area contributed by atoms with Crippen molar-refractivity contribution in [3.8, 4) is 0 Å². The van der Waals surface area contributed by atoms with Crippen molar-refractivity contribution in [3.05, 3.63) is 37.5 Å². The fourth-order valence-electron chi connectivity index (χ4n) is 2.20. The molecule has 2 rings (SSSR count). The van der Waals surface area contributed by atoms with Crippen LogP contribution in [0.3, 0.4) is 0 Å². The second-order valence-corrected chi connectivity index (χ2v) is 4.41. The van der Waals surface area contributed by atoms with E-state index in [-0.39, 0.29) is 25.2 Å². The van der Waals surface area contributed by atoms with Gasteiger partial charge in [-0.15, -0.1) is 4.91 Å². The van der Waals surface area contributed by atoms with Gasteiger partial charge in [0.25, 0.3) is 5.56 Å². The van der Waals surface area contributed by atoms with Crippen LogP contribution in [0.2, 0.25) is 0 Å². The van der Waals surface area contributed by atoms with Crippen LogP contribution in [0.25, 0.3) is 0 Å². The molecule has 0 amide bonds. The fraction of sp³-hybridized carbons (Fsp3) is 0.600. The molecule has 1 aliphatic rings. The summed E-state index contributed by atoms with van der Waals surface area (Å²) in [6.45, 7) is 1.66. The van der Waals surface area contributed by atoms with Crippen molar-refractivity contribution in [3.63, 3.8) is 0 Å². The largest absolute Gasteiger partial charge is 0.394 e. The van der Waals surface area contributed by atoms with Crippen molar-refractivity contribution in [1.82, 2.24) is 14.6 Å². The average Bonchev–Trinajstić information content (AvgIpc) is 2.76. The number of aryl methyl sites for hydroxylation is 1. The summed E-state index contributed by atoms with van der Waals surface area (Å²) < 4.78 is 1.38. The normalized spacial score (nSPS) is 23.3. The van der Waals surface area contributed by atoms with Crippen molar-refractivity contribution >= 4 is 0 Å². The zero-order chi connectivity index (χ0) is 13.3. The number of aliphatic hydroxyl groups excluding tert-OH is 1. The van der Waals surface area contributed by atoms with Gasteiger partial charge in [0, 0.05) is 11.8 Å². The summed E-state index contributed by atoms with van der Waals surface area (Å²) in [6.07, 6.45) is 1.90. The van der Waals surface area contributed by atoms with Gasteiger partial charge in [-0.25, -0.2) is 4.79 Å². The number of hydrogen-bond donors (Lipinski definition) is 2. The number of nitrogens with zero attached hydrogens (tertiary/aromatic N) is 3. The number of nitroso groups, excluding NO2 is 1.